The Morgan fingerprint density at radius 1 is 1.09 bits per heavy atom. The van der Waals surface area contributed by atoms with E-state index in [9.17, 15) is 10.2 Å². The summed E-state index contributed by atoms with van der Waals surface area (Å²) in [6.07, 6.45) is 16.7. The van der Waals surface area contributed by atoms with Crippen molar-refractivity contribution in [3.05, 3.63) is 100 Å². The SMILES string of the molecule is OCCC/C(C1=C=C=CC=C1)=C(/c1ccc(C2CN(C3CC3)C2)cc1)C1C=CC(O)=CC1. The zero-order valence-corrected chi connectivity index (χ0v) is 18.5. The fraction of sp³-hybridized carbons (Fsp3) is 0.379. The molecule has 1 saturated carbocycles. The molecule has 1 heterocycles. The van der Waals surface area contributed by atoms with Gasteiger partial charge in [-0.15, -0.1) is 0 Å². The molecule has 0 spiro atoms. The van der Waals surface area contributed by atoms with Gasteiger partial charge in [-0.1, -0.05) is 47.9 Å². The lowest BCUT2D eigenvalue weighted by Gasteiger charge is -2.40. The van der Waals surface area contributed by atoms with Crippen LogP contribution in [-0.2, 0) is 0 Å². The van der Waals surface area contributed by atoms with E-state index in [1.165, 1.54) is 48.2 Å². The van der Waals surface area contributed by atoms with Crippen molar-refractivity contribution in [1.82, 2.24) is 4.90 Å². The molecule has 32 heavy (non-hydrogen) atoms. The molecule has 164 valence electrons. The molecular formula is C29H31NO2. The van der Waals surface area contributed by atoms with Crippen molar-refractivity contribution in [1.29, 1.82) is 0 Å². The zero-order valence-electron chi connectivity index (χ0n) is 18.5. The van der Waals surface area contributed by atoms with Crippen LogP contribution >= 0.6 is 0 Å². The fourth-order valence-electron chi connectivity index (χ4n) is 5.03. The van der Waals surface area contributed by atoms with Crippen molar-refractivity contribution in [2.24, 2.45) is 5.92 Å². The summed E-state index contributed by atoms with van der Waals surface area (Å²) in [5.41, 5.74) is 12.5. The van der Waals surface area contributed by atoms with E-state index in [4.69, 9.17) is 0 Å². The van der Waals surface area contributed by atoms with Gasteiger partial charge in [-0.25, -0.2) is 0 Å². The van der Waals surface area contributed by atoms with Crippen molar-refractivity contribution in [3.63, 3.8) is 0 Å². The molecule has 5 rings (SSSR count). The van der Waals surface area contributed by atoms with Crippen molar-refractivity contribution in [3.8, 4) is 0 Å². The minimum absolute atomic E-state index is 0.159. The highest BCUT2D eigenvalue weighted by Crippen LogP contribution is 2.40. The highest BCUT2D eigenvalue weighted by atomic mass is 16.3. The lowest BCUT2D eigenvalue weighted by Crippen LogP contribution is -2.46. The number of hydrogen-bond donors (Lipinski definition) is 2. The first-order valence-electron chi connectivity index (χ1n) is 11.9. The number of hydrogen-bond acceptors (Lipinski definition) is 3. The van der Waals surface area contributed by atoms with Gasteiger partial charge in [0.05, 0.1) is 0 Å². The van der Waals surface area contributed by atoms with Crippen molar-refractivity contribution in [2.45, 2.75) is 44.1 Å². The molecule has 0 bridgehead atoms. The van der Waals surface area contributed by atoms with Crippen LogP contribution in [0.2, 0.25) is 0 Å². The number of aliphatic hydroxyl groups excluding tert-OH is 2. The minimum Gasteiger partial charge on any atom is -0.508 e. The Balaban J connectivity index is 1.49. The number of allylic oxidation sites excluding steroid dienone is 9. The number of rotatable bonds is 8. The van der Waals surface area contributed by atoms with Crippen LogP contribution in [0.1, 0.15) is 49.1 Å². The van der Waals surface area contributed by atoms with Gasteiger partial charge in [-0.05, 0) is 78.7 Å². The molecule has 3 nitrogen and oxygen atoms in total. The molecule has 0 aromatic heterocycles. The Kier molecular flexibility index (Phi) is 6.17. The molecule has 1 saturated heterocycles. The quantitative estimate of drug-likeness (QED) is 0.533. The van der Waals surface area contributed by atoms with Crippen LogP contribution in [0, 0.1) is 5.92 Å². The second-order valence-electron chi connectivity index (χ2n) is 9.26. The maximum atomic E-state index is 9.88. The van der Waals surface area contributed by atoms with E-state index >= 15 is 0 Å². The van der Waals surface area contributed by atoms with Gasteiger partial charge in [-0.3, -0.25) is 4.90 Å². The summed E-state index contributed by atoms with van der Waals surface area (Å²) in [5.74, 6) is 1.16. The molecule has 0 radical (unpaired) electrons. The van der Waals surface area contributed by atoms with E-state index in [0.29, 0.717) is 18.1 Å². The lowest BCUT2D eigenvalue weighted by atomic mass is 9.80. The average Bonchev–Trinajstić information content (AvgIpc) is 3.63. The summed E-state index contributed by atoms with van der Waals surface area (Å²) >= 11 is 0. The van der Waals surface area contributed by atoms with Gasteiger partial charge in [0.2, 0.25) is 0 Å². The topological polar surface area (TPSA) is 43.7 Å². The number of benzene rings is 1. The van der Waals surface area contributed by atoms with Gasteiger partial charge in [0.25, 0.3) is 0 Å². The van der Waals surface area contributed by atoms with E-state index in [1.807, 2.05) is 18.2 Å². The summed E-state index contributed by atoms with van der Waals surface area (Å²) < 4.78 is 0. The first-order valence-corrected chi connectivity index (χ1v) is 11.9. The van der Waals surface area contributed by atoms with Gasteiger partial charge in [-0.2, -0.15) is 0 Å². The molecule has 4 aliphatic rings. The molecule has 1 aromatic rings. The summed E-state index contributed by atoms with van der Waals surface area (Å²) in [4.78, 5) is 2.62. The first kappa shape index (κ1) is 21.1. The molecule has 2 N–H and O–H groups in total. The molecule has 1 aromatic carbocycles. The predicted octanol–water partition coefficient (Wildman–Crippen LogP) is 5.60. The molecular weight excluding hydrogens is 394 g/mol. The second-order valence-corrected chi connectivity index (χ2v) is 9.26. The fourth-order valence-corrected chi connectivity index (χ4v) is 5.03. The van der Waals surface area contributed by atoms with E-state index in [-0.39, 0.29) is 12.5 Å². The van der Waals surface area contributed by atoms with Crippen molar-refractivity contribution < 1.29 is 10.2 Å². The van der Waals surface area contributed by atoms with Gasteiger partial charge in [0.15, 0.2) is 0 Å². The first-order chi connectivity index (χ1) is 15.7. The molecule has 0 amide bonds. The van der Waals surface area contributed by atoms with Crippen LogP contribution in [0.4, 0.5) is 0 Å². The molecule has 1 unspecified atom stereocenters. The van der Waals surface area contributed by atoms with Gasteiger partial charge >= 0.3 is 0 Å². The average molecular weight is 426 g/mol. The highest BCUT2D eigenvalue weighted by molar-refractivity contribution is 5.77. The second kappa shape index (κ2) is 9.36. The summed E-state index contributed by atoms with van der Waals surface area (Å²) in [6.45, 7) is 2.55. The molecule has 1 atom stereocenters. The van der Waals surface area contributed by atoms with Crippen molar-refractivity contribution >= 4 is 5.57 Å². The highest BCUT2D eigenvalue weighted by Gasteiger charge is 2.38. The van der Waals surface area contributed by atoms with E-state index < -0.39 is 0 Å². The van der Waals surface area contributed by atoms with Crippen LogP contribution < -0.4 is 0 Å². The van der Waals surface area contributed by atoms with Crippen molar-refractivity contribution in [2.75, 3.05) is 19.7 Å². The third-order valence-corrected chi connectivity index (χ3v) is 7.00. The maximum Gasteiger partial charge on any atom is 0.111 e. The maximum absolute atomic E-state index is 9.88. The lowest BCUT2D eigenvalue weighted by molar-refractivity contribution is 0.139. The predicted molar refractivity (Wildman–Crippen MR) is 129 cm³/mol. The third kappa shape index (κ3) is 4.53. The largest absolute Gasteiger partial charge is 0.508 e. The minimum atomic E-state index is 0.159. The van der Waals surface area contributed by atoms with E-state index in [1.54, 1.807) is 6.08 Å². The standard InChI is InChI=1S/C29H31NO2/c31-18-4-7-28(22-5-2-1-3-6-22)29(24-12-16-27(32)17-13-24)23-10-8-21(9-11-23)25-19-30(20-25)26-14-15-26/h1-2,5,8-12,16-17,24-26,31-32H,4,7,13-15,18-20H2/b29-28+. The summed E-state index contributed by atoms with van der Waals surface area (Å²) in [6, 6.07) is 9.99. The van der Waals surface area contributed by atoms with Gasteiger partial charge in [0, 0.05) is 43.1 Å². The van der Waals surface area contributed by atoms with Crippen LogP contribution in [0.3, 0.4) is 0 Å². The van der Waals surface area contributed by atoms with Gasteiger partial charge in [0.1, 0.15) is 5.76 Å². The Morgan fingerprint density at radius 2 is 1.91 bits per heavy atom. The Bertz CT molecular complexity index is 1080. The van der Waals surface area contributed by atoms with E-state index in [2.05, 4.69) is 52.8 Å². The molecule has 2 fully saturated rings. The Hall–Kier alpha value is -2.80. The zero-order chi connectivity index (χ0) is 21.9. The Morgan fingerprint density at radius 3 is 2.53 bits per heavy atom. The molecule has 1 aliphatic heterocycles. The molecule has 3 heteroatoms. The van der Waals surface area contributed by atoms with Crippen LogP contribution in [0.5, 0.6) is 0 Å². The van der Waals surface area contributed by atoms with Crippen LogP contribution in [-0.4, -0.2) is 40.9 Å². The number of aliphatic hydroxyl groups is 2. The van der Waals surface area contributed by atoms with Crippen LogP contribution in [0.15, 0.2) is 89.1 Å². The normalized spacial score (nSPS) is 23.6. The molecule has 3 aliphatic carbocycles. The number of nitrogens with zero attached hydrogens (tertiary/aromatic N) is 1. The monoisotopic (exact) mass is 425 g/mol. The third-order valence-electron chi connectivity index (χ3n) is 7.00. The summed E-state index contributed by atoms with van der Waals surface area (Å²) in [5, 5.41) is 19.4. The van der Waals surface area contributed by atoms with E-state index in [0.717, 1.165) is 24.5 Å². The summed E-state index contributed by atoms with van der Waals surface area (Å²) in [7, 11) is 0. The van der Waals surface area contributed by atoms with Crippen LogP contribution in [0.25, 0.3) is 5.57 Å². The van der Waals surface area contributed by atoms with Gasteiger partial charge < -0.3 is 10.2 Å². The number of likely N-dealkylation sites (tertiary alicyclic amines) is 1. The Labute approximate surface area is 190 Å². The smallest absolute Gasteiger partial charge is 0.111 e.